The lowest BCUT2D eigenvalue weighted by Gasteiger charge is -2.37. The van der Waals surface area contributed by atoms with Gasteiger partial charge in [0.2, 0.25) is 0 Å². The van der Waals surface area contributed by atoms with E-state index in [-0.39, 0.29) is 5.82 Å². The molecule has 1 fully saturated rings. The predicted molar refractivity (Wildman–Crippen MR) is 84.7 cm³/mol. The first kappa shape index (κ1) is 16.5. The van der Waals surface area contributed by atoms with E-state index in [2.05, 4.69) is 22.9 Å². The van der Waals surface area contributed by atoms with E-state index in [1.54, 1.807) is 12.1 Å². The highest BCUT2D eigenvalue weighted by Gasteiger charge is 2.42. The van der Waals surface area contributed by atoms with Gasteiger partial charge in [-0.05, 0) is 55.7 Å². The second-order valence-electron chi connectivity index (χ2n) is 6.23. The van der Waals surface area contributed by atoms with Crippen LogP contribution in [0, 0.1) is 17.2 Å². The standard InChI is InChI=1S/C17H22BrFO2/c1-2-3-12-6-8-17(9-7-12,16(20)21)11-13-4-5-14(18)10-15(13)19/h4-5,10,12H,2-3,6-9,11H2,1H3,(H,20,21). The first-order valence-corrected chi connectivity index (χ1v) is 8.43. The van der Waals surface area contributed by atoms with Gasteiger partial charge in [0, 0.05) is 4.47 Å². The number of hydrogen-bond acceptors (Lipinski definition) is 1. The van der Waals surface area contributed by atoms with Gasteiger partial charge in [0.1, 0.15) is 5.82 Å². The first-order valence-electron chi connectivity index (χ1n) is 7.64. The maximum atomic E-state index is 14.0. The summed E-state index contributed by atoms with van der Waals surface area (Å²) < 4.78 is 14.7. The largest absolute Gasteiger partial charge is 0.481 e. The van der Waals surface area contributed by atoms with E-state index in [1.165, 1.54) is 12.5 Å². The SMILES string of the molecule is CCCC1CCC(Cc2ccc(Br)cc2F)(C(=O)O)CC1. The first-order chi connectivity index (χ1) is 9.97. The number of carbonyl (C=O) groups is 1. The van der Waals surface area contributed by atoms with Crippen LogP contribution < -0.4 is 0 Å². The minimum Gasteiger partial charge on any atom is -0.481 e. The van der Waals surface area contributed by atoms with Crippen LogP contribution in [0.4, 0.5) is 4.39 Å². The summed E-state index contributed by atoms with van der Waals surface area (Å²) in [6, 6.07) is 4.88. The molecule has 2 rings (SSSR count). The Bertz CT molecular complexity index is 508. The molecule has 0 bridgehead atoms. The fourth-order valence-corrected chi connectivity index (χ4v) is 3.76. The molecule has 4 heteroatoms. The van der Waals surface area contributed by atoms with Crippen LogP contribution in [0.25, 0.3) is 0 Å². The highest BCUT2D eigenvalue weighted by atomic mass is 79.9. The van der Waals surface area contributed by atoms with Crippen LogP contribution in [0.5, 0.6) is 0 Å². The van der Waals surface area contributed by atoms with E-state index in [0.717, 1.165) is 19.3 Å². The lowest BCUT2D eigenvalue weighted by atomic mass is 9.66. The zero-order chi connectivity index (χ0) is 15.5. The Kier molecular flexibility index (Phi) is 5.42. The van der Waals surface area contributed by atoms with Crippen LogP contribution in [0.3, 0.4) is 0 Å². The lowest BCUT2D eigenvalue weighted by Crippen LogP contribution is -2.37. The lowest BCUT2D eigenvalue weighted by molar-refractivity contribution is -0.151. The molecule has 0 heterocycles. The maximum absolute atomic E-state index is 14.0. The molecule has 0 aromatic heterocycles. The summed E-state index contributed by atoms with van der Waals surface area (Å²) in [5.41, 5.74) is -0.284. The van der Waals surface area contributed by atoms with E-state index in [4.69, 9.17) is 0 Å². The molecular weight excluding hydrogens is 335 g/mol. The zero-order valence-electron chi connectivity index (χ0n) is 12.4. The molecular formula is C17H22BrFO2. The third-order valence-electron chi connectivity index (χ3n) is 4.76. The molecule has 1 aromatic rings. The number of aliphatic carboxylic acids is 1. The van der Waals surface area contributed by atoms with Crippen molar-refractivity contribution in [3.8, 4) is 0 Å². The van der Waals surface area contributed by atoms with Crippen molar-refractivity contribution in [1.29, 1.82) is 0 Å². The van der Waals surface area contributed by atoms with Gasteiger partial charge >= 0.3 is 5.97 Å². The number of halogens is 2. The van der Waals surface area contributed by atoms with Gasteiger partial charge in [-0.3, -0.25) is 4.79 Å². The summed E-state index contributed by atoms with van der Waals surface area (Å²) in [5.74, 6) is -0.460. The van der Waals surface area contributed by atoms with Gasteiger partial charge in [0.25, 0.3) is 0 Å². The molecule has 1 saturated carbocycles. The highest BCUT2D eigenvalue weighted by Crippen LogP contribution is 2.43. The van der Waals surface area contributed by atoms with Gasteiger partial charge in [-0.1, -0.05) is 41.8 Å². The van der Waals surface area contributed by atoms with Gasteiger partial charge in [0.15, 0.2) is 0 Å². The summed E-state index contributed by atoms with van der Waals surface area (Å²) >= 11 is 3.23. The van der Waals surface area contributed by atoms with Crippen molar-refractivity contribution < 1.29 is 14.3 Å². The number of benzene rings is 1. The maximum Gasteiger partial charge on any atom is 0.309 e. The molecule has 1 N–H and O–H groups in total. The van der Waals surface area contributed by atoms with Gasteiger partial charge in [-0.25, -0.2) is 4.39 Å². The minimum atomic E-state index is -0.793. The molecule has 2 nitrogen and oxygen atoms in total. The molecule has 21 heavy (non-hydrogen) atoms. The molecule has 0 aliphatic heterocycles. The van der Waals surface area contributed by atoms with Crippen LogP contribution in [-0.4, -0.2) is 11.1 Å². The zero-order valence-corrected chi connectivity index (χ0v) is 14.0. The molecule has 0 saturated heterocycles. The second kappa shape index (κ2) is 6.91. The van der Waals surface area contributed by atoms with Crippen LogP contribution >= 0.6 is 15.9 Å². The smallest absolute Gasteiger partial charge is 0.309 e. The molecule has 1 aliphatic rings. The van der Waals surface area contributed by atoms with Crippen LogP contribution in [0.15, 0.2) is 22.7 Å². The Balaban J connectivity index is 2.15. The average Bonchev–Trinajstić information content (AvgIpc) is 2.44. The average molecular weight is 357 g/mol. The number of rotatable bonds is 5. The van der Waals surface area contributed by atoms with Crippen molar-refractivity contribution in [2.75, 3.05) is 0 Å². The van der Waals surface area contributed by atoms with E-state index >= 15 is 0 Å². The summed E-state index contributed by atoms with van der Waals surface area (Å²) in [6.45, 7) is 2.16. The van der Waals surface area contributed by atoms with Crippen LogP contribution in [-0.2, 0) is 11.2 Å². The highest BCUT2D eigenvalue weighted by molar-refractivity contribution is 9.10. The Hall–Kier alpha value is -0.900. The fourth-order valence-electron chi connectivity index (χ4n) is 3.42. The van der Waals surface area contributed by atoms with E-state index in [9.17, 15) is 14.3 Å². The normalized spacial score (nSPS) is 25.8. The quantitative estimate of drug-likeness (QED) is 0.787. The van der Waals surface area contributed by atoms with Crippen LogP contribution in [0.1, 0.15) is 51.0 Å². The molecule has 0 atom stereocenters. The minimum absolute atomic E-state index is 0.292. The van der Waals surface area contributed by atoms with Crippen molar-refractivity contribution >= 4 is 21.9 Å². The van der Waals surface area contributed by atoms with Crippen molar-refractivity contribution in [1.82, 2.24) is 0 Å². The Labute approximate surface area is 133 Å². The Morgan fingerprint density at radius 1 is 1.43 bits per heavy atom. The molecule has 1 aliphatic carbocycles. The molecule has 0 amide bonds. The molecule has 0 spiro atoms. The molecule has 1 aromatic carbocycles. The van der Waals surface area contributed by atoms with Crippen molar-refractivity contribution in [3.63, 3.8) is 0 Å². The topological polar surface area (TPSA) is 37.3 Å². The van der Waals surface area contributed by atoms with E-state index in [0.29, 0.717) is 35.2 Å². The summed E-state index contributed by atoms with van der Waals surface area (Å²) in [7, 11) is 0. The van der Waals surface area contributed by atoms with Gasteiger partial charge in [-0.15, -0.1) is 0 Å². The number of carboxylic acid groups (broad SMARTS) is 1. The summed E-state index contributed by atoms with van der Waals surface area (Å²) in [4.78, 5) is 11.8. The number of hydrogen-bond donors (Lipinski definition) is 1. The van der Waals surface area contributed by atoms with Crippen molar-refractivity contribution in [2.24, 2.45) is 11.3 Å². The molecule has 116 valence electrons. The van der Waals surface area contributed by atoms with Gasteiger partial charge < -0.3 is 5.11 Å². The number of carboxylic acids is 1. The molecule has 0 unspecified atom stereocenters. The fraction of sp³-hybridized carbons (Fsp3) is 0.588. The summed E-state index contributed by atoms with van der Waals surface area (Å²) in [5, 5.41) is 9.68. The van der Waals surface area contributed by atoms with Gasteiger partial charge in [-0.2, -0.15) is 0 Å². The monoisotopic (exact) mass is 356 g/mol. The molecule has 0 radical (unpaired) electrons. The van der Waals surface area contributed by atoms with Crippen LogP contribution in [0.2, 0.25) is 0 Å². The van der Waals surface area contributed by atoms with Crippen molar-refractivity contribution in [2.45, 2.75) is 51.9 Å². The predicted octanol–water partition coefficient (Wildman–Crippen LogP) is 5.19. The third-order valence-corrected chi connectivity index (χ3v) is 5.25. The third kappa shape index (κ3) is 3.85. The second-order valence-corrected chi connectivity index (χ2v) is 7.15. The van der Waals surface area contributed by atoms with E-state index in [1.807, 2.05) is 0 Å². The Morgan fingerprint density at radius 3 is 2.62 bits per heavy atom. The summed E-state index contributed by atoms with van der Waals surface area (Å²) in [6.07, 6.45) is 5.80. The van der Waals surface area contributed by atoms with Gasteiger partial charge in [0.05, 0.1) is 5.41 Å². The van der Waals surface area contributed by atoms with E-state index < -0.39 is 11.4 Å². The van der Waals surface area contributed by atoms with Crippen molar-refractivity contribution in [3.05, 3.63) is 34.1 Å². The Morgan fingerprint density at radius 2 is 2.10 bits per heavy atom.